The van der Waals surface area contributed by atoms with Crippen molar-refractivity contribution in [2.45, 2.75) is 45.2 Å². The van der Waals surface area contributed by atoms with Gasteiger partial charge >= 0.3 is 0 Å². The van der Waals surface area contributed by atoms with Crippen molar-refractivity contribution in [3.63, 3.8) is 0 Å². The number of benzene rings is 1. The molecular weight excluding hydrogens is 270 g/mol. The van der Waals surface area contributed by atoms with Gasteiger partial charge in [0.25, 0.3) is 11.6 Å². The molecular formula is C15H21N3O3. The number of nitrogens with one attached hydrogen (secondary N) is 1. The van der Waals surface area contributed by atoms with E-state index in [1.165, 1.54) is 12.1 Å². The van der Waals surface area contributed by atoms with E-state index in [1.54, 1.807) is 13.1 Å². The van der Waals surface area contributed by atoms with Gasteiger partial charge in [0, 0.05) is 37.0 Å². The predicted molar refractivity (Wildman–Crippen MR) is 81.6 cm³/mol. The van der Waals surface area contributed by atoms with E-state index in [0.29, 0.717) is 11.3 Å². The van der Waals surface area contributed by atoms with Crippen molar-refractivity contribution in [3.8, 4) is 0 Å². The van der Waals surface area contributed by atoms with Crippen molar-refractivity contribution in [1.82, 2.24) is 4.90 Å². The van der Waals surface area contributed by atoms with E-state index in [4.69, 9.17) is 0 Å². The maximum Gasteiger partial charge on any atom is 0.270 e. The van der Waals surface area contributed by atoms with Crippen molar-refractivity contribution >= 4 is 17.3 Å². The molecule has 6 heteroatoms. The van der Waals surface area contributed by atoms with Gasteiger partial charge in [-0.2, -0.15) is 0 Å². The fourth-order valence-corrected chi connectivity index (χ4v) is 3.02. The fraction of sp³-hybridized carbons (Fsp3) is 0.533. The molecule has 1 N–H and O–H groups in total. The van der Waals surface area contributed by atoms with Crippen LogP contribution in [0.15, 0.2) is 18.2 Å². The Morgan fingerprint density at radius 1 is 1.48 bits per heavy atom. The van der Waals surface area contributed by atoms with E-state index < -0.39 is 4.92 Å². The van der Waals surface area contributed by atoms with Gasteiger partial charge in [0.1, 0.15) is 0 Å². The molecule has 0 spiro atoms. The molecule has 21 heavy (non-hydrogen) atoms. The first-order valence-corrected chi connectivity index (χ1v) is 7.28. The summed E-state index contributed by atoms with van der Waals surface area (Å²) in [6.07, 6.45) is 2.88. The van der Waals surface area contributed by atoms with Crippen LogP contribution in [0.3, 0.4) is 0 Å². The van der Waals surface area contributed by atoms with Crippen molar-refractivity contribution < 1.29 is 9.72 Å². The molecule has 1 saturated heterocycles. The Morgan fingerprint density at radius 3 is 2.76 bits per heavy atom. The largest absolute Gasteiger partial charge is 0.387 e. The zero-order valence-electron chi connectivity index (χ0n) is 12.6. The number of hydrogen-bond donors (Lipinski definition) is 1. The lowest BCUT2D eigenvalue weighted by molar-refractivity contribution is -0.384. The molecule has 1 aromatic carbocycles. The zero-order valence-corrected chi connectivity index (χ0v) is 12.6. The lowest BCUT2D eigenvalue weighted by Crippen LogP contribution is -2.40. The van der Waals surface area contributed by atoms with E-state index in [0.717, 1.165) is 19.3 Å². The Morgan fingerprint density at radius 2 is 2.19 bits per heavy atom. The summed E-state index contributed by atoms with van der Waals surface area (Å²) in [5.74, 6) is -0.125. The molecule has 0 saturated carbocycles. The SMILES string of the molecule is CCC1CCC(C)N1C(=O)c1cc([N+](=O)[O-])ccc1NC. The first-order valence-electron chi connectivity index (χ1n) is 7.28. The van der Waals surface area contributed by atoms with Gasteiger partial charge in [-0.15, -0.1) is 0 Å². The number of likely N-dealkylation sites (tertiary alicyclic amines) is 1. The van der Waals surface area contributed by atoms with Crippen molar-refractivity contribution in [2.24, 2.45) is 0 Å². The maximum absolute atomic E-state index is 12.8. The quantitative estimate of drug-likeness (QED) is 0.683. The van der Waals surface area contributed by atoms with E-state index in [1.807, 2.05) is 11.8 Å². The Labute approximate surface area is 124 Å². The summed E-state index contributed by atoms with van der Waals surface area (Å²) in [4.78, 5) is 25.2. The highest BCUT2D eigenvalue weighted by molar-refractivity contribution is 6.00. The minimum Gasteiger partial charge on any atom is -0.387 e. The number of nitro groups is 1. The molecule has 0 aliphatic carbocycles. The van der Waals surface area contributed by atoms with Gasteiger partial charge in [0.05, 0.1) is 10.5 Å². The van der Waals surface area contributed by atoms with Crippen LogP contribution in [0.25, 0.3) is 0 Å². The number of nitro benzene ring substituents is 1. The second-order valence-electron chi connectivity index (χ2n) is 5.44. The fourth-order valence-electron chi connectivity index (χ4n) is 3.02. The molecule has 2 unspecified atom stereocenters. The van der Waals surface area contributed by atoms with Crippen molar-refractivity contribution in [1.29, 1.82) is 0 Å². The molecule has 6 nitrogen and oxygen atoms in total. The van der Waals surface area contributed by atoms with Crippen LogP contribution in [0.5, 0.6) is 0 Å². The molecule has 0 bridgehead atoms. The van der Waals surface area contributed by atoms with Gasteiger partial charge in [0.2, 0.25) is 0 Å². The van der Waals surface area contributed by atoms with Gasteiger partial charge in [-0.25, -0.2) is 0 Å². The third-order valence-electron chi connectivity index (χ3n) is 4.21. The van der Waals surface area contributed by atoms with Crippen LogP contribution in [0, 0.1) is 10.1 Å². The topological polar surface area (TPSA) is 75.5 Å². The molecule has 2 rings (SSSR count). The first kappa shape index (κ1) is 15.3. The standard InChI is InChI=1S/C15H21N3O3/c1-4-11-6-5-10(2)17(11)15(19)13-9-12(18(20)21)7-8-14(13)16-3/h7-11,16H,4-6H2,1-3H3. The molecule has 1 aliphatic rings. The number of nitrogens with zero attached hydrogens (tertiary/aromatic N) is 2. The van der Waals surface area contributed by atoms with Gasteiger partial charge in [-0.1, -0.05) is 6.92 Å². The van der Waals surface area contributed by atoms with Crippen LogP contribution < -0.4 is 5.32 Å². The molecule has 1 aliphatic heterocycles. The molecule has 114 valence electrons. The zero-order chi connectivity index (χ0) is 15.6. The first-order chi connectivity index (χ1) is 9.99. The average Bonchev–Trinajstić information content (AvgIpc) is 2.86. The smallest absolute Gasteiger partial charge is 0.270 e. The number of non-ortho nitro benzene ring substituents is 1. The van der Waals surface area contributed by atoms with E-state index in [2.05, 4.69) is 12.2 Å². The highest BCUT2D eigenvalue weighted by Gasteiger charge is 2.34. The summed E-state index contributed by atoms with van der Waals surface area (Å²) < 4.78 is 0. The number of amides is 1. The molecule has 0 aromatic heterocycles. The lowest BCUT2D eigenvalue weighted by Gasteiger charge is -2.28. The molecule has 2 atom stereocenters. The van der Waals surface area contributed by atoms with E-state index >= 15 is 0 Å². The molecule has 1 aromatic rings. The summed E-state index contributed by atoms with van der Waals surface area (Å²) in [6.45, 7) is 4.10. The van der Waals surface area contributed by atoms with Gasteiger partial charge in [-0.05, 0) is 32.3 Å². The van der Waals surface area contributed by atoms with Crippen molar-refractivity contribution in [3.05, 3.63) is 33.9 Å². The summed E-state index contributed by atoms with van der Waals surface area (Å²) in [5, 5.41) is 13.9. The Bertz CT molecular complexity index is 559. The molecule has 0 radical (unpaired) electrons. The lowest BCUT2D eigenvalue weighted by atomic mass is 10.1. The highest BCUT2D eigenvalue weighted by atomic mass is 16.6. The second kappa shape index (κ2) is 6.11. The number of anilines is 1. The summed E-state index contributed by atoms with van der Waals surface area (Å²) >= 11 is 0. The summed E-state index contributed by atoms with van der Waals surface area (Å²) in [6, 6.07) is 4.76. The highest BCUT2D eigenvalue weighted by Crippen LogP contribution is 2.31. The minimum atomic E-state index is -0.471. The minimum absolute atomic E-state index is 0.0581. The van der Waals surface area contributed by atoms with Crippen LogP contribution in [-0.2, 0) is 0 Å². The molecule has 1 fully saturated rings. The second-order valence-corrected chi connectivity index (χ2v) is 5.44. The predicted octanol–water partition coefficient (Wildman–Crippen LogP) is 3.04. The summed E-state index contributed by atoms with van der Waals surface area (Å²) in [5.41, 5.74) is 0.940. The average molecular weight is 291 g/mol. The van der Waals surface area contributed by atoms with Crippen LogP contribution >= 0.6 is 0 Å². The molecule has 1 amide bonds. The van der Waals surface area contributed by atoms with Gasteiger partial charge < -0.3 is 10.2 Å². The number of carbonyl (C=O) groups excluding carboxylic acids is 1. The monoisotopic (exact) mass is 291 g/mol. The van der Waals surface area contributed by atoms with Gasteiger partial charge in [0.15, 0.2) is 0 Å². The normalized spacial score (nSPS) is 21.4. The van der Waals surface area contributed by atoms with Crippen LogP contribution in [0.1, 0.15) is 43.5 Å². The summed E-state index contributed by atoms with van der Waals surface area (Å²) in [7, 11) is 1.71. The van der Waals surface area contributed by atoms with Crippen LogP contribution in [0.2, 0.25) is 0 Å². The maximum atomic E-state index is 12.8. The van der Waals surface area contributed by atoms with Gasteiger partial charge in [-0.3, -0.25) is 14.9 Å². The third-order valence-corrected chi connectivity index (χ3v) is 4.21. The van der Waals surface area contributed by atoms with Crippen molar-refractivity contribution in [2.75, 3.05) is 12.4 Å². The van der Waals surface area contributed by atoms with Crippen LogP contribution in [-0.4, -0.2) is 34.9 Å². The Kier molecular flexibility index (Phi) is 4.45. The van der Waals surface area contributed by atoms with E-state index in [9.17, 15) is 14.9 Å². The number of carbonyl (C=O) groups is 1. The number of rotatable bonds is 4. The Balaban J connectivity index is 2.41. The third kappa shape index (κ3) is 2.84. The van der Waals surface area contributed by atoms with Crippen LogP contribution in [0.4, 0.5) is 11.4 Å². The Hall–Kier alpha value is -2.11. The molecule has 1 heterocycles. The number of hydrogen-bond acceptors (Lipinski definition) is 4. The van der Waals surface area contributed by atoms with E-state index in [-0.39, 0.29) is 23.7 Å².